The molecule has 0 aromatic heterocycles. The third kappa shape index (κ3) is 4.42. The van der Waals surface area contributed by atoms with E-state index in [0.717, 1.165) is 16.7 Å². The number of nitrogens with one attached hydrogen (secondary N) is 1. The van der Waals surface area contributed by atoms with Crippen molar-refractivity contribution in [3.8, 4) is 11.1 Å². The number of carbonyl (C=O) groups excluding carboxylic acids is 2. The summed E-state index contributed by atoms with van der Waals surface area (Å²) in [7, 11) is 0. The Kier molecular flexibility index (Phi) is 5.67. The van der Waals surface area contributed by atoms with E-state index in [0.29, 0.717) is 23.4 Å². The molecule has 0 saturated heterocycles. The highest BCUT2D eigenvalue weighted by Crippen LogP contribution is 2.21. The van der Waals surface area contributed by atoms with Crippen molar-refractivity contribution in [3.05, 3.63) is 89.5 Å². The number of carbonyl (C=O) groups is 2. The average molecular weight is 359 g/mol. The number of anilines is 1. The zero-order valence-corrected chi connectivity index (χ0v) is 15.4. The van der Waals surface area contributed by atoms with Gasteiger partial charge in [-0.15, -0.1) is 0 Å². The van der Waals surface area contributed by atoms with E-state index >= 15 is 0 Å². The summed E-state index contributed by atoms with van der Waals surface area (Å²) in [5, 5.41) is 2.88. The Labute approximate surface area is 158 Å². The molecule has 4 heteroatoms. The monoisotopic (exact) mass is 359 g/mol. The summed E-state index contributed by atoms with van der Waals surface area (Å²) in [5.41, 5.74) is 4.58. The predicted octanol–water partition coefficient (Wildman–Crippen LogP) is 5.09. The molecular formula is C23H21NO3. The van der Waals surface area contributed by atoms with Crippen LogP contribution in [0.4, 0.5) is 5.69 Å². The van der Waals surface area contributed by atoms with Crippen molar-refractivity contribution in [2.45, 2.75) is 13.8 Å². The second kappa shape index (κ2) is 8.32. The topological polar surface area (TPSA) is 55.4 Å². The molecule has 0 aliphatic heterocycles. The Balaban J connectivity index is 1.77. The largest absolute Gasteiger partial charge is 0.462 e. The Morgan fingerprint density at radius 3 is 2.15 bits per heavy atom. The first-order valence-corrected chi connectivity index (χ1v) is 8.83. The van der Waals surface area contributed by atoms with Gasteiger partial charge in [-0.3, -0.25) is 4.79 Å². The molecule has 4 nitrogen and oxygen atoms in total. The van der Waals surface area contributed by atoms with Crippen LogP contribution < -0.4 is 5.32 Å². The number of ether oxygens (including phenoxy) is 1. The molecule has 0 fully saturated rings. The minimum atomic E-state index is -0.403. The van der Waals surface area contributed by atoms with Crippen LogP contribution in [0.3, 0.4) is 0 Å². The van der Waals surface area contributed by atoms with Crippen LogP contribution in [0.15, 0.2) is 72.8 Å². The fraction of sp³-hybridized carbons (Fsp3) is 0.130. The lowest BCUT2D eigenvalue weighted by molar-refractivity contribution is 0.0526. The Hall–Kier alpha value is -3.40. The minimum absolute atomic E-state index is 0.223. The van der Waals surface area contributed by atoms with E-state index in [4.69, 9.17) is 4.74 Å². The summed E-state index contributed by atoms with van der Waals surface area (Å²) in [6, 6.07) is 22.5. The van der Waals surface area contributed by atoms with Gasteiger partial charge in [-0.05, 0) is 54.8 Å². The molecule has 0 bridgehead atoms. The van der Waals surface area contributed by atoms with Crippen molar-refractivity contribution in [3.63, 3.8) is 0 Å². The van der Waals surface area contributed by atoms with Gasteiger partial charge in [-0.2, -0.15) is 0 Å². The highest BCUT2D eigenvalue weighted by molar-refractivity contribution is 6.05. The first-order chi connectivity index (χ1) is 13.1. The van der Waals surface area contributed by atoms with E-state index in [1.54, 1.807) is 37.3 Å². The fourth-order valence-corrected chi connectivity index (χ4v) is 2.74. The molecule has 0 saturated carbocycles. The Bertz CT molecular complexity index is 947. The number of esters is 1. The lowest BCUT2D eigenvalue weighted by Gasteiger charge is -2.11. The smallest absolute Gasteiger partial charge is 0.338 e. The summed E-state index contributed by atoms with van der Waals surface area (Å²) >= 11 is 0. The third-order valence-corrected chi connectivity index (χ3v) is 4.25. The number of aryl methyl sites for hydroxylation is 1. The van der Waals surface area contributed by atoms with Crippen molar-refractivity contribution < 1.29 is 14.3 Å². The van der Waals surface area contributed by atoms with Gasteiger partial charge < -0.3 is 10.1 Å². The average Bonchev–Trinajstić information content (AvgIpc) is 2.70. The quantitative estimate of drug-likeness (QED) is 0.646. The number of hydrogen-bond donors (Lipinski definition) is 1. The first kappa shape index (κ1) is 18.4. The molecule has 1 amide bonds. The minimum Gasteiger partial charge on any atom is -0.462 e. The zero-order valence-electron chi connectivity index (χ0n) is 15.4. The summed E-state index contributed by atoms with van der Waals surface area (Å²) in [6.07, 6.45) is 0. The molecule has 0 atom stereocenters. The van der Waals surface area contributed by atoms with Gasteiger partial charge in [0.15, 0.2) is 0 Å². The van der Waals surface area contributed by atoms with Crippen molar-refractivity contribution >= 4 is 17.6 Å². The normalized spacial score (nSPS) is 10.3. The number of benzene rings is 3. The molecule has 3 aromatic carbocycles. The van der Waals surface area contributed by atoms with Gasteiger partial charge in [0, 0.05) is 11.3 Å². The molecule has 136 valence electrons. The zero-order chi connectivity index (χ0) is 19.2. The second-order valence-corrected chi connectivity index (χ2v) is 6.15. The molecule has 0 aliphatic carbocycles. The van der Waals surface area contributed by atoms with Gasteiger partial charge in [0.1, 0.15) is 0 Å². The van der Waals surface area contributed by atoms with E-state index in [1.165, 1.54) is 0 Å². The molecular weight excluding hydrogens is 338 g/mol. The van der Waals surface area contributed by atoms with E-state index in [-0.39, 0.29) is 5.91 Å². The highest BCUT2D eigenvalue weighted by Gasteiger charge is 2.12. The number of rotatable bonds is 5. The molecule has 27 heavy (non-hydrogen) atoms. The summed E-state index contributed by atoms with van der Waals surface area (Å²) in [4.78, 5) is 24.5. The van der Waals surface area contributed by atoms with Crippen LogP contribution in [0.5, 0.6) is 0 Å². The second-order valence-electron chi connectivity index (χ2n) is 6.15. The van der Waals surface area contributed by atoms with Gasteiger partial charge >= 0.3 is 5.97 Å². The SMILES string of the molecule is CCOC(=O)c1ccc(C)c(NC(=O)c2ccc(-c3ccccc3)cc2)c1. The maximum Gasteiger partial charge on any atom is 0.338 e. The standard InChI is InChI=1S/C23H21NO3/c1-3-27-23(26)20-10-9-16(2)21(15-20)24-22(25)19-13-11-18(12-14-19)17-7-5-4-6-8-17/h4-15H,3H2,1-2H3,(H,24,25). The van der Waals surface area contributed by atoms with Crippen molar-refractivity contribution in [2.24, 2.45) is 0 Å². The third-order valence-electron chi connectivity index (χ3n) is 4.25. The van der Waals surface area contributed by atoms with Crippen LogP contribution in [0.2, 0.25) is 0 Å². The molecule has 3 rings (SSSR count). The van der Waals surface area contributed by atoms with Crippen LogP contribution >= 0.6 is 0 Å². The summed E-state index contributed by atoms with van der Waals surface area (Å²) < 4.78 is 5.02. The summed E-state index contributed by atoms with van der Waals surface area (Å²) in [6.45, 7) is 3.94. The lowest BCUT2D eigenvalue weighted by Crippen LogP contribution is -2.14. The fourth-order valence-electron chi connectivity index (χ4n) is 2.74. The molecule has 0 radical (unpaired) electrons. The highest BCUT2D eigenvalue weighted by atomic mass is 16.5. The Morgan fingerprint density at radius 1 is 0.852 bits per heavy atom. The molecule has 0 aliphatic rings. The van der Waals surface area contributed by atoms with E-state index in [1.807, 2.05) is 49.4 Å². The summed E-state index contributed by atoms with van der Waals surface area (Å²) in [5.74, 6) is -0.626. The van der Waals surface area contributed by atoms with Crippen LogP contribution in [0.1, 0.15) is 33.2 Å². The molecule has 0 heterocycles. The van der Waals surface area contributed by atoms with Crippen molar-refractivity contribution in [1.82, 2.24) is 0 Å². The maximum atomic E-state index is 12.6. The van der Waals surface area contributed by atoms with Crippen LogP contribution in [0.25, 0.3) is 11.1 Å². The first-order valence-electron chi connectivity index (χ1n) is 8.83. The number of hydrogen-bond acceptors (Lipinski definition) is 3. The van der Waals surface area contributed by atoms with Gasteiger partial charge in [-0.25, -0.2) is 4.79 Å². The lowest BCUT2D eigenvalue weighted by atomic mass is 10.0. The maximum absolute atomic E-state index is 12.6. The van der Waals surface area contributed by atoms with Crippen molar-refractivity contribution in [2.75, 3.05) is 11.9 Å². The molecule has 0 unspecified atom stereocenters. The number of amides is 1. The molecule has 0 spiro atoms. The molecule has 3 aromatic rings. The van der Waals surface area contributed by atoms with E-state index < -0.39 is 5.97 Å². The van der Waals surface area contributed by atoms with Crippen molar-refractivity contribution in [1.29, 1.82) is 0 Å². The van der Waals surface area contributed by atoms with Gasteiger partial charge in [0.25, 0.3) is 5.91 Å². The van der Waals surface area contributed by atoms with Crippen LogP contribution in [-0.2, 0) is 4.74 Å². The van der Waals surface area contributed by atoms with Gasteiger partial charge in [0.2, 0.25) is 0 Å². The van der Waals surface area contributed by atoms with Gasteiger partial charge in [-0.1, -0.05) is 48.5 Å². The molecule has 1 N–H and O–H groups in total. The Morgan fingerprint density at radius 2 is 1.48 bits per heavy atom. The van der Waals surface area contributed by atoms with Crippen LogP contribution in [-0.4, -0.2) is 18.5 Å². The van der Waals surface area contributed by atoms with Gasteiger partial charge in [0.05, 0.1) is 12.2 Å². The van der Waals surface area contributed by atoms with E-state index in [9.17, 15) is 9.59 Å². The van der Waals surface area contributed by atoms with Crippen LogP contribution in [0, 0.1) is 6.92 Å². The predicted molar refractivity (Wildman–Crippen MR) is 107 cm³/mol. The van der Waals surface area contributed by atoms with E-state index in [2.05, 4.69) is 5.32 Å².